The Kier molecular flexibility index (Phi) is 7.01. The van der Waals surface area contributed by atoms with Crippen molar-refractivity contribution in [3.63, 3.8) is 0 Å². The molecule has 1 aliphatic carbocycles. The Morgan fingerprint density at radius 1 is 1.25 bits per heavy atom. The fraction of sp³-hybridized carbons (Fsp3) is 0.261. The van der Waals surface area contributed by atoms with Gasteiger partial charge in [0.15, 0.2) is 11.6 Å². The summed E-state index contributed by atoms with van der Waals surface area (Å²) in [5, 5.41) is 17.3. The number of carbonyl (C=O) groups excluding carboxylic acids is 3. The van der Waals surface area contributed by atoms with E-state index in [9.17, 15) is 18.8 Å². The first-order chi connectivity index (χ1) is 17.2. The molecule has 0 unspecified atom stereocenters. The largest absolute Gasteiger partial charge is 0.454 e. The molecule has 4 rings (SSSR count). The highest BCUT2D eigenvalue weighted by Crippen LogP contribution is 2.53. The molecule has 1 fully saturated rings. The molecule has 1 heterocycles. The summed E-state index contributed by atoms with van der Waals surface area (Å²) in [4.78, 5) is 35.7. The van der Waals surface area contributed by atoms with Gasteiger partial charge in [-0.25, -0.2) is 9.18 Å². The maximum atomic E-state index is 14.7. The van der Waals surface area contributed by atoms with Crippen molar-refractivity contribution in [2.24, 2.45) is 5.10 Å². The lowest BCUT2D eigenvalue weighted by atomic mass is 9.65. The molecule has 2 aromatic rings. The average molecular weight is 534 g/mol. The summed E-state index contributed by atoms with van der Waals surface area (Å²) in [6.07, 6.45) is 1.09. The van der Waals surface area contributed by atoms with Gasteiger partial charge in [-0.2, -0.15) is 10.4 Å². The first kappa shape index (κ1) is 25.2. The monoisotopic (exact) mass is 533 g/mol. The minimum absolute atomic E-state index is 0.0168. The average Bonchev–Trinajstić information content (AvgIpc) is 3.09. The summed E-state index contributed by atoms with van der Waals surface area (Å²) >= 11 is 12.6. The number of nitriles is 1. The van der Waals surface area contributed by atoms with Crippen molar-refractivity contribution in [3.05, 3.63) is 45.7 Å². The molecule has 0 radical (unpaired) electrons. The van der Waals surface area contributed by atoms with Gasteiger partial charge in [-0.05, 0) is 43.5 Å². The van der Waals surface area contributed by atoms with Gasteiger partial charge in [0.2, 0.25) is 11.6 Å². The second-order valence-electron chi connectivity index (χ2n) is 7.95. The Labute approximate surface area is 214 Å². The first-order valence-corrected chi connectivity index (χ1v) is 11.5. The molecule has 1 aliphatic heterocycles. The number of halogens is 3. The smallest absolute Gasteiger partial charge is 0.414 e. The molecule has 0 aromatic heterocycles. The van der Waals surface area contributed by atoms with Crippen LogP contribution in [0.25, 0.3) is 0 Å². The van der Waals surface area contributed by atoms with Crippen LogP contribution in [0.2, 0.25) is 10.0 Å². The zero-order valence-electron chi connectivity index (χ0n) is 18.7. The Bertz CT molecular complexity index is 1330. The molecule has 0 bridgehead atoms. The number of rotatable bonds is 6. The number of nitrogens with one attached hydrogen (secondary N) is 3. The number of amides is 3. The molecular weight excluding hydrogens is 516 g/mol. The lowest BCUT2D eigenvalue weighted by Crippen LogP contribution is -2.40. The highest BCUT2D eigenvalue weighted by Gasteiger charge is 2.52. The van der Waals surface area contributed by atoms with Crippen LogP contribution in [0.15, 0.2) is 29.4 Å². The molecule has 3 amide bonds. The first-order valence-electron chi connectivity index (χ1n) is 10.7. The van der Waals surface area contributed by atoms with Crippen molar-refractivity contribution >= 4 is 58.2 Å². The van der Waals surface area contributed by atoms with E-state index in [0.717, 1.165) is 12.5 Å². The van der Waals surface area contributed by atoms with Gasteiger partial charge >= 0.3 is 6.09 Å². The second kappa shape index (κ2) is 10.0. The van der Waals surface area contributed by atoms with Crippen LogP contribution in [0, 0.1) is 17.1 Å². The van der Waals surface area contributed by atoms with Crippen molar-refractivity contribution in [2.75, 3.05) is 17.3 Å². The standard InChI is InChI=1S/C23H18Cl2FN5O5/c1-2-35-22(34)29-20(32)17(10-27)31-30-11-6-14(24)19(15(25)7-11)36-12-8-13-18(16(26)9-12)28-21(33)23(13)4-3-5-23/h6-9,30H,2-5H2,1H3,(H,28,33)(H,29,32,34). The minimum Gasteiger partial charge on any atom is -0.454 e. The lowest BCUT2D eigenvalue weighted by Gasteiger charge is -2.36. The van der Waals surface area contributed by atoms with Gasteiger partial charge < -0.3 is 14.8 Å². The minimum atomic E-state index is -1.07. The maximum Gasteiger partial charge on any atom is 0.414 e. The van der Waals surface area contributed by atoms with Crippen molar-refractivity contribution < 1.29 is 28.2 Å². The van der Waals surface area contributed by atoms with E-state index in [1.165, 1.54) is 12.1 Å². The molecule has 1 saturated carbocycles. The quantitative estimate of drug-likeness (QED) is 0.355. The molecule has 0 saturated heterocycles. The van der Waals surface area contributed by atoms with Crippen LogP contribution in [-0.2, 0) is 19.7 Å². The summed E-state index contributed by atoms with van der Waals surface area (Å²) in [7, 11) is 0. The molecule has 1 spiro atoms. The number of ether oxygens (including phenoxy) is 2. The molecule has 3 N–H and O–H groups in total. The van der Waals surface area contributed by atoms with Crippen LogP contribution >= 0.6 is 23.2 Å². The van der Waals surface area contributed by atoms with E-state index in [2.05, 4.69) is 20.6 Å². The van der Waals surface area contributed by atoms with Crippen LogP contribution in [0.4, 0.5) is 20.6 Å². The van der Waals surface area contributed by atoms with Gasteiger partial charge in [0.05, 0.1) is 33.4 Å². The molecule has 13 heteroatoms. The summed E-state index contributed by atoms with van der Waals surface area (Å²) in [5.74, 6) is -1.80. The Hall–Kier alpha value is -3.88. The molecule has 36 heavy (non-hydrogen) atoms. The Morgan fingerprint density at radius 3 is 2.53 bits per heavy atom. The van der Waals surface area contributed by atoms with E-state index in [-0.39, 0.29) is 45.4 Å². The third-order valence-electron chi connectivity index (χ3n) is 5.79. The fourth-order valence-corrected chi connectivity index (χ4v) is 4.50. The number of carbonyl (C=O) groups is 3. The van der Waals surface area contributed by atoms with Crippen LogP contribution in [0.3, 0.4) is 0 Å². The number of anilines is 2. The van der Waals surface area contributed by atoms with Crippen molar-refractivity contribution in [1.29, 1.82) is 5.26 Å². The predicted molar refractivity (Wildman–Crippen MR) is 129 cm³/mol. The SMILES string of the molecule is CCOC(=O)NC(=O)C(C#N)=NNc1cc(Cl)c(Oc2cc(F)c3c(c2)C2(CCC2)C(=O)N3)c(Cl)c1. The molecular formula is C23H18Cl2FN5O5. The van der Waals surface area contributed by atoms with E-state index in [0.29, 0.717) is 18.4 Å². The van der Waals surface area contributed by atoms with E-state index in [1.807, 2.05) is 5.32 Å². The second-order valence-corrected chi connectivity index (χ2v) is 8.76. The highest BCUT2D eigenvalue weighted by atomic mass is 35.5. The number of hydrazone groups is 1. The van der Waals surface area contributed by atoms with E-state index < -0.39 is 28.9 Å². The predicted octanol–water partition coefficient (Wildman–Crippen LogP) is 4.86. The Balaban J connectivity index is 1.53. The van der Waals surface area contributed by atoms with Crippen LogP contribution in [0.5, 0.6) is 11.5 Å². The normalized spacial score (nSPS) is 15.3. The van der Waals surface area contributed by atoms with Gasteiger partial charge in [-0.15, -0.1) is 0 Å². The number of benzene rings is 2. The summed E-state index contributed by atoms with van der Waals surface area (Å²) < 4.78 is 25.1. The van der Waals surface area contributed by atoms with Gasteiger partial charge in [-0.3, -0.25) is 20.3 Å². The molecule has 10 nitrogen and oxygen atoms in total. The van der Waals surface area contributed by atoms with Crippen molar-refractivity contribution in [3.8, 4) is 17.6 Å². The molecule has 186 valence electrons. The van der Waals surface area contributed by atoms with E-state index >= 15 is 0 Å². The van der Waals surface area contributed by atoms with Crippen LogP contribution in [0.1, 0.15) is 31.7 Å². The van der Waals surface area contributed by atoms with Crippen LogP contribution < -0.4 is 20.8 Å². The van der Waals surface area contributed by atoms with Gasteiger partial charge in [0.1, 0.15) is 11.8 Å². The van der Waals surface area contributed by atoms with Gasteiger partial charge in [0, 0.05) is 6.07 Å². The number of fused-ring (bicyclic) bond motifs is 2. The number of hydrogen-bond donors (Lipinski definition) is 3. The zero-order chi connectivity index (χ0) is 26.0. The van der Waals surface area contributed by atoms with Gasteiger partial charge in [0.25, 0.3) is 5.91 Å². The number of hydrogen-bond acceptors (Lipinski definition) is 8. The maximum absolute atomic E-state index is 14.7. The molecule has 2 aromatic carbocycles. The highest BCUT2D eigenvalue weighted by molar-refractivity contribution is 6.47. The van der Waals surface area contributed by atoms with Crippen LogP contribution in [-0.4, -0.2) is 30.2 Å². The third-order valence-corrected chi connectivity index (χ3v) is 6.35. The van der Waals surface area contributed by atoms with E-state index in [1.54, 1.807) is 19.1 Å². The van der Waals surface area contributed by atoms with E-state index in [4.69, 9.17) is 33.2 Å². The van der Waals surface area contributed by atoms with Crippen molar-refractivity contribution in [1.82, 2.24) is 5.32 Å². The lowest BCUT2D eigenvalue weighted by molar-refractivity contribution is -0.123. The number of imide groups is 1. The zero-order valence-corrected chi connectivity index (χ0v) is 20.2. The summed E-state index contributed by atoms with van der Waals surface area (Å²) in [5.41, 5.74) is 1.94. The molecule has 0 atom stereocenters. The fourth-order valence-electron chi connectivity index (χ4n) is 3.93. The third kappa shape index (κ3) is 4.65. The molecule has 2 aliphatic rings. The Morgan fingerprint density at radius 2 is 1.94 bits per heavy atom. The number of alkyl carbamates (subject to hydrolysis) is 1. The van der Waals surface area contributed by atoms with Gasteiger partial charge in [-0.1, -0.05) is 29.6 Å². The van der Waals surface area contributed by atoms with Crippen molar-refractivity contribution in [2.45, 2.75) is 31.6 Å². The summed E-state index contributed by atoms with van der Waals surface area (Å²) in [6.45, 7) is 1.59. The topological polar surface area (TPSA) is 142 Å². The summed E-state index contributed by atoms with van der Waals surface area (Å²) in [6, 6.07) is 6.98. The number of nitrogens with zero attached hydrogens (tertiary/aromatic N) is 2.